The SMILES string of the molecule is CCC(C)(CNC)CN(C)Cc1ccccc1C. The summed E-state index contributed by atoms with van der Waals surface area (Å²) in [4.78, 5) is 2.43. The van der Waals surface area contributed by atoms with E-state index < -0.39 is 0 Å². The minimum absolute atomic E-state index is 0.353. The Morgan fingerprint density at radius 1 is 1.28 bits per heavy atom. The highest BCUT2D eigenvalue weighted by molar-refractivity contribution is 5.25. The predicted octanol–water partition coefficient (Wildman–Crippen LogP) is 3.06. The van der Waals surface area contributed by atoms with Crippen LogP contribution < -0.4 is 5.32 Å². The zero-order chi connectivity index (χ0) is 13.6. The molecule has 0 heterocycles. The van der Waals surface area contributed by atoms with E-state index in [1.807, 2.05) is 7.05 Å². The van der Waals surface area contributed by atoms with E-state index in [1.54, 1.807) is 0 Å². The average Bonchev–Trinajstić information content (AvgIpc) is 2.32. The Morgan fingerprint density at radius 3 is 2.50 bits per heavy atom. The Bertz CT molecular complexity index is 362. The topological polar surface area (TPSA) is 15.3 Å². The van der Waals surface area contributed by atoms with Gasteiger partial charge in [-0.05, 0) is 44.0 Å². The van der Waals surface area contributed by atoms with E-state index in [-0.39, 0.29) is 0 Å². The maximum Gasteiger partial charge on any atom is 0.0233 e. The van der Waals surface area contributed by atoms with Gasteiger partial charge in [-0.3, -0.25) is 0 Å². The highest BCUT2D eigenvalue weighted by Crippen LogP contribution is 2.22. The lowest BCUT2D eigenvalue weighted by Gasteiger charge is -2.33. The molecule has 0 fully saturated rings. The van der Waals surface area contributed by atoms with Crippen LogP contribution in [0.1, 0.15) is 31.4 Å². The van der Waals surface area contributed by atoms with E-state index in [9.17, 15) is 0 Å². The summed E-state index contributed by atoms with van der Waals surface area (Å²) in [6.45, 7) is 10.1. The first-order chi connectivity index (χ1) is 8.50. The lowest BCUT2D eigenvalue weighted by Crippen LogP contribution is -2.39. The molecule has 1 N–H and O–H groups in total. The molecule has 0 aliphatic rings. The molecule has 0 amide bonds. The minimum atomic E-state index is 0.353. The Labute approximate surface area is 112 Å². The lowest BCUT2D eigenvalue weighted by atomic mass is 9.87. The molecule has 1 aromatic carbocycles. The number of benzene rings is 1. The van der Waals surface area contributed by atoms with Gasteiger partial charge in [0.05, 0.1) is 0 Å². The average molecular weight is 248 g/mol. The summed E-state index contributed by atoms with van der Waals surface area (Å²) in [6, 6.07) is 8.65. The number of nitrogens with one attached hydrogen (secondary N) is 1. The summed E-state index contributed by atoms with van der Waals surface area (Å²) in [5.41, 5.74) is 3.17. The molecule has 0 aliphatic heterocycles. The van der Waals surface area contributed by atoms with Crippen LogP contribution in [0.15, 0.2) is 24.3 Å². The molecular weight excluding hydrogens is 220 g/mol. The Balaban J connectivity index is 2.61. The lowest BCUT2D eigenvalue weighted by molar-refractivity contribution is 0.178. The number of aryl methyl sites for hydroxylation is 1. The first-order valence-electron chi connectivity index (χ1n) is 6.88. The van der Waals surface area contributed by atoms with Crippen molar-refractivity contribution in [1.82, 2.24) is 10.2 Å². The van der Waals surface area contributed by atoms with Crippen LogP contribution in [0.3, 0.4) is 0 Å². The molecule has 0 saturated carbocycles. The summed E-state index contributed by atoms with van der Waals surface area (Å²) >= 11 is 0. The molecule has 0 bridgehead atoms. The van der Waals surface area contributed by atoms with Crippen molar-refractivity contribution in [2.24, 2.45) is 5.41 Å². The zero-order valence-corrected chi connectivity index (χ0v) is 12.6. The van der Waals surface area contributed by atoms with Gasteiger partial charge in [-0.25, -0.2) is 0 Å². The van der Waals surface area contributed by atoms with Gasteiger partial charge >= 0.3 is 0 Å². The fourth-order valence-corrected chi connectivity index (χ4v) is 2.51. The van der Waals surface area contributed by atoms with Crippen LogP contribution in [-0.4, -0.2) is 32.1 Å². The summed E-state index contributed by atoms with van der Waals surface area (Å²) < 4.78 is 0. The van der Waals surface area contributed by atoms with Crippen molar-refractivity contribution >= 4 is 0 Å². The molecule has 1 atom stereocenters. The van der Waals surface area contributed by atoms with E-state index >= 15 is 0 Å². The number of rotatable bonds is 7. The van der Waals surface area contributed by atoms with E-state index in [2.05, 4.69) is 62.3 Å². The summed E-state index contributed by atoms with van der Waals surface area (Å²) in [6.07, 6.45) is 1.20. The molecule has 1 unspecified atom stereocenters. The molecule has 18 heavy (non-hydrogen) atoms. The van der Waals surface area contributed by atoms with E-state index in [0.29, 0.717) is 5.41 Å². The third kappa shape index (κ3) is 4.43. The van der Waals surface area contributed by atoms with Crippen molar-refractivity contribution in [3.8, 4) is 0 Å². The maximum absolute atomic E-state index is 3.31. The first-order valence-corrected chi connectivity index (χ1v) is 6.88. The second-order valence-electron chi connectivity index (χ2n) is 5.79. The first kappa shape index (κ1) is 15.2. The van der Waals surface area contributed by atoms with Gasteiger partial charge in [0, 0.05) is 19.6 Å². The van der Waals surface area contributed by atoms with Gasteiger partial charge in [0.2, 0.25) is 0 Å². The summed E-state index contributed by atoms with van der Waals surface area (Å²) in [5, 5.41) is 3.31. The van der Waals surface area contributed by atoms with Crippen LogP contribution in [0.5, 0.6) is 0 Å². The van der Waals surface area contributed by atoms with Crippen LogP contribution in [0, 0.1) is 12.3 Å². The normalized spacial score (nSPS) is 14.8. The second kappa shape index (κ2) is 6.91. The number of nitrogens with zero attached hydrogens (tertiary/aromatic N) is 1. The Hall–Kier alpha value is -0.860. The van der Waals surface area contributed by atoms with Gasteiger partial charge in [-0.1, -0.05) is 38.1 Å². The van der Waals surface area contributed by atoms with E-state index in [4.69, 9.17) is 0 Å². The molecular formula is C16H28N2. The van der Waals surface area contributed by atoms with Gasteiger partial charge < -0.3 is 10.2 Å². The van der Waals surface area contributed by atoms with Crippen LogP contribution in [0.25, 0.3) is 0 Å². The third-order valence-electron chi connectivity index (χ3n) is 3.81. The molecule has 2 nitrogen and oxygen atoms in total. The smallest absolute Gasteiger partial charge is 0.0233 e. The minimum Gasteiger partial charge on any atom is -0.319 e. The fraction of sp³-hybridized carbons (Fsp3) is 0.625. The van der Waals surface area contributed by atoms with E-state index in [0.717, 1.165) is 19.6 Å². The number of hydrogen-bond donors (Lipinski definition) is 1. The van der Waals surface area contributed by atoms with Crippen molar-refractivity contribution in [2.75, 3.05) is 27.2 Å². The molecule has 1 aromatic rings. The molecule has 0 saturated heterocycles. The summed E-state index contributed by atoms with van der Waals surface area (Å²) in [7, 11) is 4.26. The van der Waals surface area contributed by atoms with Crippen LogP contribution in [0.4, 0.5) is 0 Å². The predicted molar refractivity (Wildman–Crippen MR) is 79.8 cm³/mol. The Kier molecular flexibility index (Phi) is 5.83. The summed E-state index contributed by atoms with van der Waals surface area (Å²) in [5.74, 6) is 0. The highest BCUT2D eigenvalue weighted by atomic mass is 15.1. The van der Waals surface area contributed by atoms with Crippen molar-refractivity contribution < 1.29 is 0 Å². The molecule has 102 valence electrons. The monoisotopic (exact) mass is 248 g/mol. The van der Waals surface area contributed by atoms with Crippen molar-refractivity contribution in [2.45, 2.75) is 33.7 Å². The van der Waals surface area contributed by atoms with Gasteiger partial charge in [-0.15, -0.1) is 0 Å². The van der Waals surface area contributed by atoms with Crippen molar-refractivity contribution in [3.63, 3.8) is 0 Å². The number of hydrogen-bond acceptors (Lipinski definition) is 2. The fourth-order valence-electron chi connectivity index (χ4n) is 2.51. The molecule has 0 radical (unpaired) electrons. The standard InChI is InChI=1S/C16H28N2/c1-6-16(3,12-17-4)13-18(5)11-15-10-8-7-9-14(15)2/h7-10,17H,6,11-13H2,1-5H3. The van der Waals surface area contributed by atoms with Gasteiger partial charge in [0.1, 0.15) is 0 Å². The van der Waals surface area contributed by atoms with Crippen LogP contribution in [0.2, 0.25) is 0 Å². The second-order valence-corrected chi connectivity index (χ2v) is 5.79. The Morgan fingerprint density at radius 2 is 1.94 bits per heavy atom. The largest absolute Gasteiger partial charge is 0.319 e. The third-order valence-corrected chi connectivity index (χ3v) is 3.81. The zero-order valence-electron chi connectivity index (χ0n) is 12.6. The van der Waals surface area contributed by atoms with Gasteiger partial charge in [0.25, 0.3) is 0 Å². The van der Waals surface area contributed by atoms with Crippen molar-refractivity contribution in [1.29, 1.82) is 0 Å². The van der Waals surface area contributed by atoms with Gasteiger partial charge in [-0.2, -0.15) is 0 Å². The highest BCUT2D eigenvalue weighted by Gasteiger charge is 2.23. The molecule has 0 spiro atoms. The van der Waals surface area contributed by atoms with E-state index in [1.165, 1.54) is 17.5 Å². The molecule has 0 aromatic heterocycles. The van der Waals surface area contributed by atoms with Crippen LogP contribution in [-0.2, 0) is 6.54 Å². The molecule has 2 heteroatoms. The quantitative estimate of drug-likeness (QED) is 0.798. The van der Waals surface area contributed by atoms with Crippen LogP contribution >= 0.6 is 0 Å². The van der Waals surface area contributed by atoms with Crippen molar-refractivity contribution in [3.05, 3.63) is 35.4 Å². The van der Waals surface area contributed by atoms with Gasteiger partial charge in [0.15, 0.2) is 0 Å². The molecule has 1 rings (SSSR count). The molecule has 0 aliphatic carbocycles. The maximum atomic E-state index is 3.31.